The lowest BCUT2D eigenvalue weighted by Crippen LogP contribution is -2.59. The molecular formula is C21H19N5O3. The van der Waals surface area contributed by atoms with Crippen LogP contribution in [0.25, 0.3) is 11.1 Å². The fourth-order valence-corrected chi connectivity index (χ4v) is 3.53. The summed E-state index contributed by atoms with van der Waals surface area (Å²) < 4.78 is 7.73. The van der Waals surface area contributed by atoms with Crippen molar-refractivity contribution in [3.8, 4) is 23.1 Å². The molecule has 1 aliphatic heterocycles. The van der Waals surface area contributed by atoms with Crippen molar-refractivity contribution in [2.75, 3.05) is 13.1 Å². The van der Waals surface area contributed by atoms with Crippen LogP contribution in [0.1, 0.15) is 12.5 Å². The molecule has 1 saturated heterocycles. The third kappa shape index (κ3) is 3.50. The van der Waals surface area contributed by atoms with Gasteiger partial charge in [0.05, 0.1) is 29.7 Å². The molecule has 2 heterocycles. The van der Waals surface area contributed by atoms with E-state index in [1.807, 2.05) is 48.1 Å². The molecule has 2 aromatic carbocycles. The summed E-state index contributed by atoms with van der Waals surface area (Å²) in [4.78, 5) is 12.8. The third-order valence-corrected chi connectivity index (χ3v) is 5.07. The number of hydrogen-bond donors (Lipinski definition) is 0. The summed E-state index contributed by atoms with van der Waals surface area (Å²) >= 11 is 0. The van der Waals surface area contributed by atoms with Gasteiger partial charge in [-0.2, -0.15) is 10.4 Å². The molecule has 0 aliphatic carbocycles. The highest BCUT2D eigenvalue weighted by Crippen LogP contribution is 2.39. The van der Waals surface area contributed by atoms with Gasteiger partial charge in [0, 0.05) is 23.4 Å². The first-order valence-corrected chi connectivity index (χ1v) is 9.14. The number of hydrogen-bond acceptors (Lipinski definition) is 6. The molecule has 3 aromatic rings. The Morgan fingerprint density at radius 2 is 2.00 bits per heavy atom. The third-order valence-electron chi connectivity index (χ3n) is 5.07. The summed E-state index contributed by atoms with van der Waals surface area (Å²) in [6, 6.07) is 14.4. The fraction of sp³-hybridized carbons (Fsp3) is 0.238. The standard InChI is InChI=1S/C21H19N5O3/c1-21(13-24(14-21)15-22)25-11-17(10-23-25)18-8-5-9-19(26(27)28)20(18)29-12-16-6-3-2-4-7-16/h2-11H,12-14H2,1H3. The van der Waals surface area contributed by atoms with Crippen LogP contribution in [0, 0.1) is 21.6 Å². The van der Waals surface area contributed by atoms with E-state index in [2.05, 4.69) is 11.3 Å². The van der Waals surface area contributed by atoms with Gasteiger partial charge >= 0.3 is 5.69 Å². The predicted octanol–water partition coefficient (Wildman–Crippen LogP) is 3.55. The molecule has 0 unspecified atom stereocenters. The number of aromatic nitrogens is 2. The Morgan fingerprint density at radius 1 is 1.24 bits per heavy atom. The maximum atomic E-state index is 11.6. The first-order chi connectivity index (χ1) is 14.0. The van der Waals surface area contributed by atoms with E-state index < -0.39 is 4.92 Å². The minimum absolute atomic E-state index is 0.0864. The van der Waals surface area contributed by atoms with E-state index in [-0.39, 0.29) is 23.6 Å². The number of ether oxygens (including phenoxy) is 1. The molecule has 0 spiro atoms. The second-order valence-corrected chi connectivity index (χ2v) is 7.31. The SMILES string of the molecule is CC1(n2cc(-c3cccc([N+](=O)[O-])c3OCc3ccccc3)cn2)CN(C#N)C1. The summed E-state index contributed by atoms with van der Waals surface area (Å²) in [6.07, 6.45) is 5.65. The van der Waals surface area contributed by atoms with Crippen LogP contribution in [0.15, 0.2) is 60.9 Å². The fourth-order valence-electron chi connectivity index (χ4n) is 3.53. The van der Waals surface area contributed by atoms with Crippen molar-refractivity contribution < 1.29 is 9.66 Å². The number of likely N-dealkylation sites (tertiary alicyclic amines) is 1. The summed E-state index contributed by atoms with van der Waals surface area (Å²) in [5, 5.41) is 25.0. The molecule has 0 bridgehead atoms. The van der Waals surface area contributed by atoms with Gasteiger partial charge in [-0.3, -0.25) is 14.8 Å². The maximum absolute atomic E-state index is 11.6. The highest BCUT2D eigenvalue weighted by Gasteiger charge is 2.41. The molecule has 0 N–H and O–H groups in total. The quantitative estimate of drug-likeness (QED) is 0.363. The highest BCUT2D eigenvalue weighted by atomic mass is 16.6. The Balaban J connectivity index is 1.66. The number of para-hydroxylation sites is 1. The van der Waals surface area contributed by atoms with E-state index in [1.165, 1.54) is 6.07 Å². The number of nitro benzene ring substituents is 1. The lowest BCUT2D eigenvalue weighted by Gasteiger charge is -2.44. The molecular weight excluding hydrogens is 370 g/mol. The van der Waals surface area contributed by atoms with Crippen molar-refractivity contribution in [2.24, 2.45) is 0 Å². The molecule has 29 heavy (non-hydrogen) atoms. The summed E-state index contributed by atoms with van der Waals surface area (Å²) in [7, 11) is 0. The van der Waals surface area contributed by atoms with Gasteiger partial charge < -0.3 is 9.64 Å². The molecule has 0 amide bonds. The van der Waals surface area contributed by atoms with Crippen molar-refractivity contribution in [1.82, 2.24) is 14.7 Å². The van der Waals surface area contributed by atoms with Crippen LogP contribution in [-0.4, -0.2) is 32.7 Å². The van der Waals surface area contributed by atoms with Gasteiger partial charge in [-0.15, -0.1) is 0 Å². The zero-order valence-electron chi connectivity index (χ0n) is 15.9. The largest absolute Gasteiger partial charge is 0.482 e. The Morgan fingerprint density at radius 3 is 2.69 bits per heavy atom. The topological polar surface area (TPSA) is 97.2 Å². The van der Waals surface area contributed by atoms with Crippen LogP contribution < -0.4 is 4.74 Å². The van der Waals surface area contributed by atoms with Gasteiger partial charge in [0.1, 0.15) is 6.61 Å². The Hall–Kier alpha value is -3.86. The zero-order valence-corrected chi connectivity index (χ0v) is 15.9. The van der Waals surface area contributed by atoms with Crippen LogP contribution in [0.4, 0.5) is 5.69 Å². The van der Waals surface area contributed by atoms with E-state index in [4.69, 9.17) is 10.00 Å². The predicted molar refractivity (Wildman–Crippen MR) is 106 cm³/mol. The van der Waals surface area contributed by atoms with Gasteiger partial charge in [0.25, 0.3) is 0 Å². The first-order valence-electron chi connectivity index (χ1n) is 9.14. The molecule has 0 saturated carbocycles. The lowest BCUT2D eigenvalue weighted by atomic mass is 9.93. The lowest BCUT2D eigenvalue weighted by molar-refractivity contribution is -0.385. The molecule has 4 rings (SSSR count). The van der Waals surface area contributed by atoms with E-state index >= 15 is 0 Å². The smallest absolute Gasteiger partial charge is 0.311 e. The maximum Gasteiger partial charge on any atom is 0.311 e. The Labute approximate surface area is 167 Å². The van der Waals surface area contributed by atoms with Crippen molar-refractivity contribution >= 4 is 5.69 Å². The molecule has 1 aliphatic rings. The van der Waals surface area contributed by atoms with Crippen LogP contribution >= 0.6 is 0 Å². The average Bonchev–Trinajstić information content (AvgIpc) is 3.20. The number of nitriles is 1. The van der Waals surface area contributed by atoms with E-state index in [1.54, 1.807) is 23.2 Å². The van der Waals surface area contributed by atoms with Gasteiger partial charge in [-0.25, -0.2) is 0 Å². The van der Waals surface area contributed by atoms with E-state index in [9.17, 15) is 10.1 Å². The minimum atomic E-state index is -0.438. The van der Waals surface area contributed by atoms with Crippen molar-refractivity contribution in [3.63, 3.8) is 0 Å². The van der Waals surface area contributed by atoms with Crippen LogP contribution in [0.5, 0.6) is 5.75 Å². The number of nitro groups is 1. The average molecular weight is 389 g/mol. The molecule has 8 heteroatoms. The molecule has 1 aromatic heterocycles. The van der Waals surface area contributed by atoms with Crippen LogP contribution in [0.2, 0.25) is 0 Å². The second kappa shape index (κ2) is 7.28. The van der Waals surface area contributed by atoms with Crippen molar-refractivity contribution in [3.05, 3.63) is 76.6 Å². The number of benzene rings is 2. The molecule has 1 fully saturated rings. The van der Waals surface area contributed by atoms with Crippen molar-refractivity contribution in [1.29, 1.82) is 5.26 Å². The Bertz CT molecular complexity index is 1080. The summed E-state index contributed by atoms with van der Waals surface area (Å²) in [5.74, 6) is 0.221. The van der Waals surface area contributed by atoms with Crippen LogP contribution in [-0.2, 0) is 12.1 Å². The van der Waals surface area contributed by atoms with Crippen molar-refractivity contribution in [2.45, 2.75) is 19.1 Å². The molecule has 0 atom stereocenters. The van der Waals surface area contributed by atoms with Gasteiger partial charge in [0.15, 0.2) is 6.19 Å². The minimum Gasteiger partial charge on any atom is -0.482 e. The van der Waals surface area contributed by atoms with Gasteiger partial charge in [-0.1, -0.05) is 42.5 Å². The molecule has 146 valence electrons. The number of rotatable bonds is 6. The van der Waals surface area contributed by atoms with E-state index in [0.717, 1.165) is 11.1 Å². The zero-order chi connectivity index (χ0) is 20.4. The normalized spacial score (nSPS) is 14.7. The first kappa shape index (κ1) is 18.5. The van der Waals surface area contributed by atoms with Gasteiger partial charge in [0.2, 0.25) is 5.75 Å². The molecule has 8 nitrogen and oxygen atoms in total. The monoisotopic (exact) mass is 389 g/mol. The van der Waals surface area contributed by atoms with E-state index in [0.29, 0.717) is 18.7 Å². The summed E-state index contributed by atoms with van der Waals surface area (Å²) in [6.45, 7) is 3.41. The summed E-state index contributed by atoms with van der Waals surface area (Å²) in [5.41, 5.74) is 1.90. The highest BCUT2D eigenvalue weighted by molar-refractivity contribution is 5.74. The molecule has 0 radical (unpaired) electrons. The van der Waals surface area contributed by atoms with Crippen LogP contribution in [0.3, 0.4) is 0 Å². The van der Waals surface area contributed by atoms with Gasteiger partial charge in [-0.05, 0) is 12.5 Å². The second-order valence-electron chi connectivity index (χ2n) is 7.31. The number of nitrogens with zero attached hydrogens (tertiary/aromatic N) is 5. The Kier molecular flexibility index (Phi) is 4.64.